The number of amides is 1. The van der Waals surface area contributed by atoms with E-state index in [1.165, 1.54) is 32.1 Å². The zero-order valence-electron chi connectivity index (χ0n) is 15.4. The average molecular weight is 352 g/mol. The molecule has 1 fully saturated rings. The number of rotatable bonds is 10. The Morgan fingerprint density at radius 1 is 1.36 bits per heavy atom. The predicted octanol–water partition coefficient (Wildman–Crippen LogP) is 2.25. The first-order chi connectivity index (χ1) is 12.0. The fraction of sp³-hybridized carbons (Fsp3) is 0.833. The maximum Gasteiger partial charge on any atom is 0.247 e. The lowest BCUT2D eigenvalue weighted by molar-refractivity contribution is -0.127. The van der Waals surface area contributed by atoms with Crippen LogP contribution in [-0.4, -0.2) is 33.3 Å². The first-order valence-corrected chi connectivity index (χ1v) is 9.50. The Kier molecular flexibility index (Phi) is 7.84. The monoisotopic (exact) mass is 352 g/mol. The molecule has 1 amide bonds. The van der Waals surface area contributed by atoms with E-state index < -0.39 is 17.9 Å². The van der Waals surface area contributed by atoms with Crippen LogP contribution in [0.5, 0.6) is 0 Å². The summed E-state index contributed by atoms with van der Waals surface area (Å²) < 4.78 is 5.30. The van der Waals surface area contributed by atoms with Gasteiger partial charge in [-0.2, -0.15) is 4.98 Å². The number of hydrogen-bond acceptors (Lipinski definition) is 6. The quantitative estimate of drug-likeness (QED) is 0.595. The van der Waals surface area contributed by atoms with Crippen molar-refractivity contribution in [3.8, 4) is 0 Å². The number of primary amides is 1. The lowest BCUT2D eigenvalue weighted by atomic mass is 9.84. The number of nitrogens with zero attached hydrogens (tertiary/aromatic N) is 2. The van der Waals surface area contributed by atoms with Gasteiger partial charge in [0.2, 0.25) is 11.8 Å². The molecular formula is C18H32N4O3. The zero-order chi connectivity index (χ0) is 18.2. The lowest BCUT2D eigenvalue weighted by Crippen LogP contribution is -2.34. The van der Waals surface area contributed by atoms with E-state index in [4.69, 9.17) is 10.3 Å². The Bertz CT molecular complexity index is 526. The Morgan fingerprint density at radius 2 is 2.08 bits per heavy atom. The van der Waals surface area contributed by atoms with Crippen LogP contribution in [0.3, 0.4) is 0 Å². The number of nitrogens with one attached hydrogen (secondary N) is 1. The molecule has 4 N–H and O–H groups in total. The van der Waals surface area contributed by atoms with Gasteiger partial charge in [0, 0.05) is 6.04 Å². The molecule has 25 heavy (non-hydrogen) atoms. The van der Waals surface area contributed by atoms with E-state index in [0.29, 0.717) is 30.7 Å². The molecule has 1 saturated carbocycles. The molecule has 7 heteroatoms. The molecule has 1 aromatic rings. The topological polar surface area (TPSA) is 114 Å². The number of carbonyl (C=O) groups is 1. The molecule has 2 rings (SSSR count). The molecule has 1 aromatic heterocycles. The summed E-state index contributed by atoms with van der Waals surface area (Å²) in [4.78, 5) is 15.8. The van der Waals surface area contributed by atoms with Crippen molar-refractivity contribution < 1.29 is 14.4 Å². The number of aliphatic hydroxyl groups is 1. The fourth-order valence-corrected chi connectivity index (χ4v) is 3.50. The molecule has 1 unspecified atom stereocenters. The highest BCUT2D eigenvalue weighted by Gasteiger charge is 2.30. The molecule has 1 aliphatic carbocycles. The Labute approximate surface area is 149 Å². The normalized spacial score (nSPS) is 18.4. The smallest absolute Gasteiger partial charge is 0.247 e. The van der Waals surface area contributed by atoms with Gasteiger partial charge in [-0.3, -0.25) is 4.79 Å². The molecule has 1 aliphatic rings. The van der Waals surface area contributed by atoms with Crippen molar-refractivity contribution in [3.63, 3.8) is 0 Å². The summed E-state index contributed by atoms with van der Waals surface area (Å²) in [5.74, 6) is 0.311. The van der Waals surface area contributed by atoms with Crippen molar-refractivity contribution in [2.45, 2.75) is 89.8 Å². The minimum Gasteiger partial charge on any atom is -0.382 e. The third-order valence-electron chi connectivity index (χ3n) is 4.99. The van der Waals surface area contributed by atoms with Crippen LogP contribution in [0.15, 0.2) is 4.52 Å². The second-order valence-electron chi connectivity index (χ2n) is 7.47. The maximum atomic E-state index is 11.5. The third kappa shape index (κ3) is 6.40. The van der Waals surface area contributed by atoms with E-state index in [0.717, 1.165) is 18.8 Å². The lowest BCUT2D eigenvalue weighted by Gasteiger charge is -2.22. The molecule has 0 spiro atoms. The maximum absolute atomic E-state index is 11.5. The summed E-state index contributed by atoms with van der Waals surface area (Å²) in [5.41, 5.74) is 5.30. The molecule has 7 nitrogen and oxygen atoms in total. The standard InChI is InChI=1S/C18H32N4O3/c1-12(2)20-11-15-21-18(25-22-15)14(16(23)17(19)24)10-6-9-13-7-4-3-5-8-13/h12-14,16,20,23H,3-11H2,1-2H3,(H2,19,24)/t14-,16?/m1/s1. The van der Waals surface area contributed by atoms with Gasteiger partial charge in [-0.25, -0.2) is 0 Å². The highest BCUT2D eigenvalue weighted by atomic mass is 16.5. The zero-order valence-corrected chi connectivity index (χ0v) is 15.4. The van der Waals surface area contributed by atoms with Crippen molar-refractivity contribution in [2.75, 3.05) is 0 Å². The fourth-order valence-electron chi connectivity index (χ4n) is 3.50. The van der Waals surface area contributed by atoms with Crippen LogP contribution in [-0.2, 0) is 11.3 Å². The average Bonchev–Trinajstić information content (AvgIpc) is 3.06. The van der Waals surface area contributed by atoms with Crippen LogP contribution in [0.25, 0.3) is 0 Å². The second kappa shape index (κ2) is 9.87. The van der Waals surface area contributed by atoms with E-state index in [1.807, 2.05) is 13.8 Å². The van der Waals surface area contributed by atoms with E-state index >= 15 is 0 Å². The van der Waals surface area contributed by atoms with Crippen molar-refractivity contribution in [1.82, 2.24) is 15.5 Å². The van der Waals surface area contributed by atoms with Gasteiger partial charge in [-0.15, -0.1) is 0 Å². The van der Waals surface area contributed by atoms with Crippen molar-refractivity contribution >= 4 is 5.91 Å². The van der Waals surface area contributed by atoms with Crippen LogP contribution in [0.1, 0.15) is 82.8 Å². The molecule has 0 aliphatic heterocycles. The number of nitrogens with two attached hydrogens (primary N) is 1. The van der Waals surface area contributed by atoms with Gasteiger partial charge in [0.15, 0.2) is 5.82 Å². The number of aliphatic hydroxyl groups excluding tert-OH is 1. The second-order valence-corrected chi connectivity index (χ2v) is 7.47. The van der Waals surface area contributed by atoms with E-state index in [2.05, 4.69) is 15.5 Å². The van der Waals surface area contributed by atoms with Gasteiger partial charge in [0.25, 0.3) is 0 Å². The minimum absolute atomic E-state index is 0.301. The largest absolute Gasteiger partial charge is 0.382 e. The molecule has 0 aromatic carbocycles. The Balaban J connectivity index is 1.94. The first-order valence-electron chi connectivity index (χ1n) is 9.50. The highest BCUT2D eigenvalue weighted by Crippen LogP contribution is 2.31. The third-order valence-corrected chi connectivity index (χ3v) is 4.99. The molecule has 1 heterocycles. The van der Waals surface area contributed by atoms with Gasteiger partial charge in [0.05, 0.1) is 12.5 Å². The molecule has 0 radical (unpaired) electrons. The van der Waals surface area contributed by atoms with Crippen LogP contribution in [0.2, 0.25) is 0 Å². The minimum atomic E-state index is -1.29. The van der Waals surface area contributed by atoms with Gasteiger partial charge < -0.3 is 20.7 Å². The predicted molar refractivity (Wildman–Crippen MR) is 94.6 cm³/mol. The first kappa shape index (κ1) is 19.8. The summed E-state index contributed by atoms with van der Waals surface area (Å²) in [6, 6.07) is 0.310. The Hall–Kier alpha value is -1.47. The molecule has 142 valence electrons. The molecule has 0 saturated heterocycles. The van der Waals surface area contributed by atoms with Gasteiger partial charge in [0.1, 0.15) is 6.10 Å². The SMILES string of the molecule is CC(C)NCc1noc([C@H](CCCC2CCCCC2)C(O)C(N)=O)n1. The molecule has 0 bridgehead atoms. The van der Waals surface area contributed by atoms with E-state index in [1.54, 1.807) is 0 Å². The summed E-state index contributed by atoms with van der Waals surface area (Å²) in [7, 11) is 0. The summed E-state index contributed by atoms with van der Waals surface area (Å²) in [6.45, 7) is 4.56. The van der Waals surface area contributed by atoms with Gasteiger partial charge in [-0.1, -0.05) is 63.9 Å². The van der Waals surface area contributed by atoms with Crippen molar-refractivity contribution in [2.24, 2.45) is 11.7 Å². The van der Waals surface area contributed by atoms with Gasteiger partial charge >= 0.3 is 0 Å². The van der Waals surface area contributed by atoms with E-state index in [-0.39, 0.29) is 0 Å². The van der Waals surface area contributed by atoms with E-state index in [9.17, 15) is 9.90 Å². The number of hydrogen-bond donors (Lipinski definition) is 3. The Morgan fingerprint density at radius 3 is 2.72 bits per heavy atom. The van der Waals surface area contributed by atoms with Gasteiger partial charge in [-0.05, 0) is 12.3 Å². The van der Waals surface area contributed by atoms with Crippen LogP contribution in [0, 0.1) is 5.92 Å². The number of carbonyl (C=O) groups excluding carboxylic acids is 1. The van der Waals surface area contributed by atoms with Crippen LogP contribution >= 0.6 is 0 Å². The van der Waals surface area contributed by atoms with Crippen molar-refractivity contribution in [3.05, 3.63) is 11.7 Å². The highest BCUT2D eigenvalue weighted by molar-refractivity contribution is 5.79. The summed E-state index contributed by atoms with van der Waals surface area (Å²) in [5, 5.41) is 17.3. The summed E-state index contributed by atoms with van der Waals surface area (Å²) >= 11 is 0. The molecule has 2 atom stereocenters. The number of aromatic nitrogens is 2. The summed E-state index contributed by atoms with van der Waals surface area (Å²) in [6.07, 6.45) is 7.90. The van der Waals surface area contributed by atoms with Crippen molar-refractivity contribution in [1.29, 1.82) is 0 Å². The molecular weight excluding hydrogens is 320 g/mol. The van der Waals surface area contributed by atoms with Crippen LogP contribution < -0.4 is 11.1 Å². The van der Waals surface area contributed by atoms with Crippen LogP contribution in [0.4, 0.5) is 0 Å².